The molecule has 1 aliphatic rings. The first kappa shape index (κ1) is 11.5. The van der Waals surface area contributed by atoms with E-state index in [-0.39, 0.29) is 5.56 Å². The molecule has 0 saturated heterocycles. The molecule has 1 aliphatic heterocycles. The summed E-state index contributed by atoms with van der Waals surface area (Å²) in [5.74, 6) is 0.698. The molecule has 0 aromatic carbocycles. The Morgan fingerprint density at radius 3 is 3.05 bits per heavy atom. The third-order valence-electron chi connectivity index (χ3n) is 3.07. The average Bonchev–Trinajstić information content (AvgIpc) is 2.93. The molecule has 0 spiro atoms. The number of dihydropyridines is 1. The normalized spacial score (nSPS) is 14.6. The highest BCUT2D eigenvalue weighted by atomic mass is 16.3. The van der Waals surface area contributed by atoms with Gasteiger partial charge in [-0.1, -0.05) is 6.08 Å². The van der Waals surface area contributed by atoms with Gasteiger partial charge in [0.25, 0.3) is 5.56 Å². The molecule has 0 saturated carbocycles. The minimum atomic E-state index is -0.0995. The predicted octanol–water partition coefficient (Wildman–Crippen LogP) is 1.70. The van der Waals surface area contributed by atoms with Crippen molar-refractivity contribution in [2.45, 2.75) is 6.92 Å². The van der Waals surface area contributed by atoms with Crippen LogP contribution in [0.15, 0.2) is 46.2 Å². The maximum atomic E-state index is 11.9. The Hall–Kier alpha value is -2.56. The van der Waals surface area contributed by atoms with Crippen LogP contribution in [0.4, 0.5) is 0 Å². The third-order valence-corrected chi connectivity index (χ3v) is 3.07. The fourth-order valence-corrected chi connectivity index (χ4v) is 2.14. The van der Waals surface area contributed by atoms with E-state index in [9.17, 15) is 4.79 Å². The van der Waals surface area contributed by atoms with Crippen molar-refractivity contribution < 1.29 is 4.42 Å². The summed E-state index contributed by atoms with van der Waals surface area (Å²) in [6.45, 7) is 2.56. The van der Waals surface area contributed by atoms with E-state index >= 15 is 0 Å². The second kappa shape index (κ2) is 4.61. The summed E-state index contributed by atoms with van der Waals surface area (Å²) in [7, 11) is 0. The van der Waals surface area contributed by atoms with Gasteiger partial charge in [0.15, 0.2) is 12.2 Å². The minimum absolute atomic E-state index is 0.0995. The van der Waals surface area contributed by atoms with Crippen molar-refractivity contribution in [3.05, 3.63) is 64.2 Å². The van der Waals surface area contributed by atoms with E-state index in [0.29, 0.717) is 17.9 Å². The number of hydrogen-bond donors (Lipinski definition) is 2. The van der Waals surface area contributed by atoms with Crippen LogP contribution in [0.25, 0.3) is 11.3 Å². The van der Waals surface area contributed by atoms with Gasteiger partial charge in [-0.15, -0.1) is 0 Å². The molecular weight excluding hydrogens is 242 g/mol. The lowest BCUT2D eigenvalue weighted by Crippen LogP contribution is -2.23. The highest BCUT2D eigenvalue weighted by Crippen LogP contribution is 2.23. The van der Waals surface area contributed by atoms with Crippen LogP contribution in [0.5, 0.6) is 0 Å². The van der Waals surface area contributed by atoms with Crippen LogP contribution in [-0.2, 0) is 0 Å². The van der Waals surface area contributed by atoms with Gasteiger partial charge in [0.05, 0.1) is 11.8 Å². The van der Waals surface area contributed by atoms with Crippen molar-refractivity contribution in [1.29, 1.82) is 0 Å². The van der Waals surface area contributed by atoms with E-state index in [1.165, 1.54) is 6.39 Å². The van der Waals surface area contributed by atoms with Gasteiger partial charge in [-0.25, -0.2) is 4.98 Å². The first-order valence-electron chi connectivity index (χ1n) is 5.99. The number of aromatic nitrogens is 2. The second-order valence-corrected chi connectivity index (χ2v) is 4.33. The summed E-state index contributed by atoms with van der Waals surface area (Å²) in [6, 6.07) is 1.88. The molecule has 0 atom stereocenters. The number of allylic oxidation sites excluding steroid dienone is 2. The average molecular weight is 255 g/mol. The highest BCUT2D eigenvalue weighted by Gasteiger charge is 2.14. The van der Waals surface area contributed by atoms with Crippen molar-refractivity contribution in [3.8, 4) is 0 Å². The van der Waals surface area contributed by atoms with Crippen molar-refractivity contribution in [3.63, 3.8) is 0 Å². The Balaban J connectivity index is 2.07. The summed E-state index contributed by atoms with van der Waals surface area (Å²) >= 11 is 0. The summed E-state index contributed by atoms with van der Waals surface area (Å²) in [4.78, 5) is 18.5. The topological polar surface area (TPSA) is 70.9 Å². The molecule has 2 N–H and O–H groups in total. The molecular formula is C14H13N3O2. The van der Waals surface area contributed by atoms with Crippen molar-refractivity contribution in [2.75, 3.05) is 6.54 Å². The van der Waals surface area contributed by atoms with Crippen molar-refractivity contribution in [2.24, 2.45) is 0 Å². The van der Waals surface area contributed by atoms with Crippen LogP contribution in [-0.4, -0.2) is 16.5 Å². The van der Waals surface area contributed by atoms with Crippen LogP contribution >= 0.6 is 0 Å². The van der Waals surface area contributed by atoms with E-state index in [1.807, 2.05) is 25.1 Å². The number of nitrogens with zero attached hydrogens (tertiary/aromatic N) is 1. The van der Waals surface area contributed by atoms with Crippen LogP contribution in [0.2, 0.25) is 0 Å². The van der Waals surface area contributed by atoms with Crippen LogP contribution in [0.3, 0.4) is 0 Å². The van der Waals surface area contributed by atoms with E-state index in [2.05, 4.69) is 15.3 Å². The lowest BCUT2D eigenvalue weighted by Gasteiger charge is -2.16. The second-order valence-electron chi connectivity index (χ2n) is 4.33. The van der Waals surface area contributed by atoms with Gasteiger partial charge < -0.3 is 14.7 Å². The van der Waals surface area contributed by atoms with E-state index in [1.54, 1.807) is 12.4 Å². The molecule has 0 amide bonds. The first-order chi connectivity index (χ1) is 9.25. The summed E-state index contributed by atoms with van der Waals surface area (Å²) in [6.07, 6.45) is 8.61. The van der Waals surface area contributed by atoms with Gasteiger partial charge >= 0.3 is 0 Å². The van der Waals surface area contributed by atoms with Crippen LogP contribution in [0, 0.1) is 6.92 Å². The van der Waals surface area contributed by atoms with Crippen molar-refractivity contribution >= 4 is 11.3 Å². The minimum Gasteiger partial charge on any atom is -0.444 e. The number of aromatic amines is 1. The Bertz CT molecular complexity index is 709. The number of nitrogens with one attached hydrogen (secondary N) is 2. The van der Waals surface area contributed by atoms with Gasteiger partial charge in [-0.2, -0.15) is 0 Å². The molecule has 0 aliphatic carbocycles. The molecule has 5 nitrogen and oxygen atoms in total. The smallest absolute Gasteiger partial charge is 0.257 e. The monoisotopic (exact) mass is 255 g/mol. The quantitative estimate of drug-likeness (QED) is 0.856. The maximum Gasteiger partial charge on any atom is 0.257 e. The van der Waals surface area contributed by atoms with E-state index < -0.39 is 0 Å². The molecule has 19 heavy (non-hydrogen) atoms. The fourth-order valence-electron chi connectivity index (χ4n) is 2.14. The number of rotatable bonds is 2. The van der Waals surface area contributed by atoms with E-state index in [4.69, 9.17) is 4.42 Å². The molecule has 2 aromatic heterocycles. The summed E-state index contributed by atoms with van der Waals surface area (Å²) < 4.78 is 5.28. The zero-order valence-corrected chi connectivity index (χ0v) is 10.4. The first-order valence-corrected chi connectivity index (χ1v) is 5.99. The molecule has 0 bridgehead atoms. The largest absolute Gasteiger partial charge is 0.444 e. The number of pyridine rings is 1. The third kappa shape index (κ3) is 2.10. The number of aryl methyl sites for hydroxylation is 1. The Morgan fingerprint density at radius 2 is 2.32 bits per heavy atom. The fraction of sp³-hybridized carbons (Fsp3) is 0.143. The SMILES string of the molecule is Cc1cc[nH]c(=O)c1C1=CC(c2cnco2)=CCN1. The summed E-state index contributed by atoms with van der Waals surface area (Å²) in [5, 5.41) is 3.21. The van der Waals surface area contributed by atoms with Gasteiger partial charge in [0.1, 0.15) is 0 Å². The molecule has 0 fully saturated rings. The number of oxazole rings is 1. The van der Waals surface area contributed by atoms with Crippen molar-refractivity contribution in [1.82, 2.24) is 15.3 Å². The molecule has 5 heteroatoms. The predicted molar refractivity (Wildman–Crippen MR) is 72.3 cm³/mol. The molecule has 0 radical (unpaired) electrons. The molecule has 2 aromatic rings. The van der Waals surface area contributed by atoms with Gasteiger partial charge in [0.2, 0.25) is 0 Å². The Labute approximate surface area is 109 Å². The van der Waals surface area contributed by atoms with Gasteiger partial charge in [0, 0.05) is 24.0 Å². The zero-order valence-electron chi connectivity index (χ0n) is 10.4. The molecule has 96 valence electrons. The van der Waals surface area contributed by atoms with Crippen LogP contribution < -0.4 is 10.9 Å². The van der Waals surface area contributed by atoms with E-state index in [0.717, 1.165) is 16.8 Å². The summed E-state index contributed by atoms with van der Waals surface area (Å²) in [5.41, 5.74) is 3.22. The van der Waals surface area contributed by atoms with Gasteiger partial charge in [-0.3, -0.25) is 4.79 Å². The lowest BCUT2D eigenvalue weighted by molar-refractivity contribution is 0.545. The standard InChI is InChI=1S/C14H13N3O2/c1-9-2-4-17-14(18)13(9)11-6-10(3-5-16-11)12-7-15-8-19-12/h2-4,6-8,16H,5H2,1H3,(H,17,18). The number of hydrogen-bond acceptors (Lipinski definition) is 4. The highest BCUT2D eigenvalue weighted by molar-refractivity contribution is 5.83. The Kier molecular flexibility index (Phi) is 2.79. The maximum absolute atomic E-state index is 11.9. The molecule has 3 rings (SSSR count). The van der Waals surface area contributed by atoms with Gasteiger partial charge in [-0.05, 0) is 24.6 Å². The number of H-pyrrole nitrogens is 1. The van der Waals surface area contributed by atoms with Crippen LogP contribution in [0.1, 0.15) is 16.9 Å². The molecule has 0 unspecified atom stereocenters. The molecule has 3 heterocycles. The Morgan fingerprint density at radius 1 is 1.42 bits per heavy atom. The zero-order chi connectivity index (χ0) is 13.2. The lowest BCUT2D eigenvalue weighted by atomic mass is 10.0.